The topological polar surface area (TPSA) is 66.2 Å². The fourth-order valence-corrected chi connectivity index (χ4v) is 3.48. The quantitative estimate of drug-likeness (QED) is 0.805. The van der Waals surface area contributed by atoms with Crippen LogP contribution in [0.25, 0.3) is 5.57 Å². The molecular formula is C17H25N5OS. The maximum Gasteiger partial charge on any atom is 0.182 e. The van der Waals surface area contributed by atoms with Crippen molar-refractivity contribution in [3.8, 4) is 0 Å². The van der Waals surface area contributed by atoms with Crippen molar-refractivity contribution in [2.24, 2.45) is 0 Å². The molecule has 0 saturated carbocycles. The summed E-state index contributed by atoms with van der Waals surface area (Å²) in [7, 11) is 1.90. The molecule has 2 aromatic heterocycles. The van der Waals surface area contributed by atoms with Gasteiger partial charge in [-0.15, -0.1) is 11.3 Å². The minimum absolute atomic E-state index is 0.325. The minimum Gasteiger partial charge on any atom is -0.391 e. The van der Waals surface area contributed by atoms with Crippen molar-refractivity contribution in [1.82, 2.24) is 19.7 Å². The van der Waals surface area contributed by atoms with Gasteiger partial charge in [-0.3, -0.25) is 9.58 Å². The number of aliphatic hydroxyl groups excluding tert-OH is 1. The first kappa shape index (κ1) is 17.1. The van der Waals surface area contributed by atoms with Gasteiger partial charge in [0.1, 0.15) is 0 Å². The van der Waals surface area contributed by atoms with Crippen LogP contribution in [0.3, 0.4) is 0 Å². The van der Waals surface area contributed by atoms with Crippen molar-refractivity contribution in [2.75, 3.05) is 25.5 Å². The summed E-state index contributed by atoms with van der Waals surface area (Å²) in [5.74, 6) is 0. The predicted octanol–water partition coefficient (Wildman–Crippen LogP) is 2.44. The van der Waals surface area contributed by atoms with Crippen LogP contribution in [0.15, 0.2) is 23.8 Å². The molecule has 0 amide bonds. The molecule has 0 unspecified atom stereocenters. The van der Waals surface area contributed by atoms with Crippen LogP contribution in [0.5, 0.6) is 0 Å². The molecule has 0 radical (unpaired) electrons. The number of rotatable bonds is 7. The molecule has 0 bridgehead atoms. The number of thiazole rings is 1. The van der Waals surface area contributed by atoms with Crippen LogP contribution in [-0.2, 0) is 13.1 Å². The van der Waals surface area contributed by atoms with Crippen molar-refractivity contribution in [1.29, 1.82) is 0 Å². The highest BCUT2D eigenvalue weighted by atomic mass is 32.1. The minimum atomic E-state index is -0.325. The number of nitrogens with one attached hydrogen (secondary N) is 1. The van der Waals surface area contributed by atoms with Crippen LogP contribution < -0.4 is 5.32 Å². The van der Waals surface area contributed by atoms with Gasteiger partial charge in [-0.1, -0.05) is 13.0 Å². The molecule has 7 heteroatoms. The summed E-state index contributed by atoms with van der Waals surface area (Å²) < 4.78 is 1.84. The molecule has 24 heavy (non-hydrogen) atoms. The van der Waals surface area contributed by atoms with Gasteiger partial charge in [0.25, 0.3) is 0 Å². The number of nitrogens with zero attached hydrogens (tertiary/aromatic N) is 4. The Kier molecular flexibility index (Phi) is 5.65. The zero-order valence-corrected chi connectivity index (χ0v) is 15.1. The van der Waals surface area contributed by atoms with E-state index in [0.29, 0.717) is 6.54 Å². The molecule has 0 spiro atoms. The number of aliphatic hydroxyl groups is 1. The Morgan fingerprint density at radius 3 is 3.00 bits per heavy atom. The smallest absolute Gasteiger partial charge is 0.182 e. The highest BCUT2D eigenvalue weighted by Gasteiger charge is 2.16. The van der Waals surface area contributed by atoms with Gasteiger partial charge in [0.15, 0.2) is 5.13 Å². The molecule has 2 N–H and O–H groups in total. The van der Waals surface area contributed by atoms with Gasteiger partial charge in [-0.05, 0) is 18.4 Å². The Morgan fingerprint density at radius 1 is 1.46 bits per heavy atom. The summed E-state index contributed by atoms with van der Waals surface area (Å²) in [6, 6.07) is 0. The lowest BCUT2D eigenvalue weighted by Gasteiger charge is -2.25. The van der Waals surface area contributed by atoms with E-state index in [1.54, 1.807) is 11.3 Å². The summed E-state index contributed by atoms with van der Waals surface area (Å²) in [4.78, 5) is 6.95. The van der Waals surface area contributed by atoms with E-state index in [9.17, 15) is 5.11 Å². The Hall–Kier alpha value is -1.70. The van der Waals surface area contributed by atoms with Crippen molar-refractivity contribution in [2.45, 2.75) is 39.0 Å². The zero-order valence-electron chi connectivity index (χ0n) is 14.3. The largest absolute Gasteiger partial charge is 0.391 e. The van der Waals surface area contributed by atoms with Gasteiger partial charge in [-0.25, -0.2) is 4.98 Å². The van der Waals surface area contributed by atoms with Crippen LogP contribution in [-0.4, -0.2) is 51.0 Å². The van der Waals surface area contributed by atoms with E-state index in [-0.39, 0.29) is 6.10 Å². The summed E-state index contributed by atoms with van der Waals surface area (Å²) >= 11 is 1.65. The van der Waals surface area contributed by atoms with Crippen LogP contribution in [0.1, 0.15) is 31.0 Å². The molecule has 6 nitrogen and oxygen atoms in total. The van der Waals surface area contributed by atoms with E-state index in [1.807, 2.05) is 31.0 Å². The number of hydrogen-bond donors (Lipinski definition) is 2. The third-order valence-electron chi connectivity index (χ3n) is 4.32. The van der Waals surface area contributed by atoms with E-state index in [0.717, 1.165) is 43.3 Å². The summed E-state index contributed by atoms with van der Waals surface area (Å²) in [5, 5.41) is 20.3. The third kappa shape index (κ3) is 4.23. The van der Waals surface area contributed by atoms with Crippen molar-refractivity contribution in [3.05, 3.63) is 35.1 Å². The molecule has 0 saturated heterocycles. The standard InChI is InChI=1S/C17H25N5OS/c1-3-16(23)11-22-9-14(8-19-22)13-4-6-21(7-5-13)10-15-12-24-17(18-2)20-15/h4,8-9,12,16,23H,3,5-7,10-11H2,1-2H3,(H,18,20)/t16-/m0/s1. The SMILES string of the molecule is CC[C@H](O)Cn1cc(C2=CCN(Cc3csc(NC)n3)CC2)cn1. The molecule has 3 heterocycles. The molecule has 0 aromatic carbocycles. The fourth-order valence-electron chi connectivity index (χ4n) is 2.81. The first-order valence-electron chi connectivity index (χ1n) is 8.42. The van der Waals surface area contributed by atoms with Gasteiger partial charge >= 0.3 is 0 Å². The lowest BCUT2D eigenvalue weighted by atomic mass is 10.0. The number of hydrogen-bond acceptors (Lipinski definition) is 6. The van der Waals surface area contributed by atoms with E-state index < -0.39 is 0 Å². The fraction of sp³-hybridized carbons (Fsp3) is 0.529. The first-order valence-corrected chi connectivity index (χ1v) is 9.30. The molecule has 1 aliphatic rings. The number of aromatic nitrogens is 3. The molecule has 2 aromatic rings. The average Bonchev–Trinajstić information content (AvgIpc) is 3.25. The van der Waals surface area contributed by atoms with E-state index in [2.05, 4.69) is 31.8 Å². The maximum absolute atomic E-state index is 9.73. The molecule has 0 aliphatic carbocycles. The lowest BCUT2D eigenvalue weighted by molar-refractivity contribution is 0.145. The second-order valence-electron chi connectivity index (χ2n) is 6.12. The predicted molar refractivity (Wildman–Crippen MR) is 98.1 cm³/mol. The van der Waals surface area contributed by atoms with E-state index in [4.69, 9.17) is 0 Å². The molecule has 1 aliphatic heterocycles. The Bertz CT molecular complexity index is 693. The highest BCUT2D eigenvalue weighted by molar-refractivity contribution is 7.13. The first-order chi connectivity index (χ1) is 11.7. The summed E-state index contributed by atoms with van der Waals surface area (Å²) in [6.45, 7) is 5.40. The van der Waals surface area contributed by atoms with Crippen LogP contribution in [0.4, 0.5) is 5.13 Å². The average molecular weight is 347 g/mol. The Labute approximate surface area is 146 Å². The second kappa shape index (κ2) is 7.92. The molecule has 130 valence electrons. The molecular weight excluding hydrogens is 322 g/mol. The number of anilines is 1. The van der Waals surface area contributed by atoms with Gasteiger partial charge in [-0.2, -0.15) is 5.10 Å². The van der Waals surface area contributed by atoms with Crippen LogP contribution in [0.2, 0.25) is 0 Å². The zero-order chi connectivity index (χ0) is 16.9. The van der Waals surface area contributed by atoms with Gasteiger partial charge in [0, 0.05) is 43.8 Å². The summed E-state index contributed by atoms with van der Waals surface area (Å²) in [6.07, 6.45) is 7.67. The second-order valence-corrected chi connectivity index (χ2v) is 6.98. The van der Waals surface area contributed by atoms with E-state index >= 15 is 0 Å². The monoisotopic (exact) mass is 347 g/mol. The van der Waals surface area contributed by atoms with Crippen LogP contribution in [0, 0.1) is 0 Å². The van der Waals surface area contributed by atoms with Gasteiger partial charge in [0.05, 0.1) is 24.5 Å². The Balaban J connectivity index is 1.57. The van der Waals surface area contributed by atoms with Crippen molar-refractivity contribution >= 4 is 22.0 Å². The molecule has 0 fully saturated rings. The molecule has 3 rings (SSSR count). The molecule has 1 atom stereocenters. The lowest BCUT2D eigenvalue weighted by Crippen LogP contribution is -2.28. The Morgan fingerprint density at radius 2 is 2.33 bits per heavy atom. The summed E-state index contributed by atoms with van der Waals surface area (Å²) in [5.41, 5.74) is 3.64. The van der Waals surface area contributed by atoms with Crippen molar-refractivity contribution < 1.29 is 5.11 Å². The normalized spacial score (nSPS) is 16.9. The van der Waals surface area contributed by atoms with E-state index in [1.165, 1.54) is 11.1 Å². The van der Waals surface area contributed by atoms with Crippen molar-refractivity contribution in [3.63, 3.8) is 0 Å². The van der Waals surface area contributed by atoms with Crippen LogP contribution >= 0.6 is 11.3 Å². The highest BCUT2D eigenvalue weighted by Crippen LogP contribution is 2.23. The van der Waals surface area contributed by atoms with Gasteiger partial charge < -0.3 is 10.4 Å². The maximum atomic E-state index is 9.73. The third-order valence-corrected chi connectivity index (χ3v) is 5.23. The van der Waals surface area contributed by atoms with Gasteiger partial charge in [0.2, 0.25) is 0 Å².